The van der Waals surface area contributed by atoms with Gasteiger partial charge < -0.3 is 9.47 Å². The Morgan fingerprint density at radius 3 is 1.71 bits per heavy atom. The van der Waals surface area contributed by atoms with Crippen LogP contribution >= 0.6 is 0 Å². The van der Waals surface area contributed by atoms with Gasteiger partial charge in [-0.05, 0) is 29.4 Å². The van der Waals surface area contributed by atoms with Crippen LogP contribution in [0, 0.1) is 11.8 Å². The first-order chi connectivity index (χ1) is 10.2. The van der Waals surface area contributed by atoms with E-state index in [-0.39, 0.29) is 23.8 Å². The standard InChI is InChI=1S/C17H16O4/c1-20-16(18)14-12-10-7-11(9-6-4-3-5-8(9)10)13(12)15(14)17(19)21-2/h3-6,10-13H,7H2,1-2H3/t10-,11+,12-,13+. The number of rotatable bonds is 2. The minimum atomic E-state index is -0.387. The van der Waals surface area contributed by atoms with E-state index < -0.39 is 0 Å². The molecule has 2 bridgehead atoms. The van der Waals surface area contributed by atoms with Crippen molar-refractivity contribution in [1.82, 2.24) is 0 Å². The van der Waals surface area contributed by atoms with E-state index in [4.69, 9.17) is 9.47 Å². The van der Waals surface area contributed by atoms with E-state index in [9.17, 15) is 9.59 Å². The number of hydrogen-bond acceptors (Lipinski definition) is 4. The molecule has 0 aliphatic heterocycles. The number of benzene rings is 1. The van der Waals surface area contributed by atoms with Crippen LogP contribution in [0.25, 0.3) is 0 Å². The van der Waals surface area contributed by atoms with Crippen molar-refractivity contribution in [3.8, 4) is 0 Å². The Hall–Kier alpha value is -2.10. The number of esters is 2. The van der Waals surface area contributed by atoms with Gasteiger partial charge in [0.2, 0.25) is 0 Å². The molecule has 4 rings (SSSR count). The fourth-order valence-corrected chi connectivity index (χ4v) is 4.63. The summed E-state index contributed by atoms with van der Waals surface area (Å²) in [5.74, 6) is 0.124. The quantitative estimate of drug-likeness (QED) is 0.781. The monoisotopic (exact) mass is 284 g/mol. The maximum atomic E-state index is 12.1. The highest BCUT2D eigenvalue weighted by Crippen LogP contribution is 2.68. The second-order valence-corrected chi connectivity index (χ2v) is 5.94. The molecule has 4 heteroatoms. The largest absolute Gasteiger partial charge is 0.466 e. The summed E-state index contributed by atoms with van der Waals surface area (Å²) in [7, 11) is 2.72. The average Bonchev–Trinajstić information content (AvgIpc) is 3.00. The minimum Gasteiger partial charge on any atom is -0.466 e. The van der Waals surface area contributed by atoms with Crippen LogP contribution in [0.3, 0.4) is 0 Å². The highest BCUT2D eigenvalue weighted by Gasteiger charge is 2.62. The Morgan fingerprint density at radius 1 is 0.905 bits per heavy atom. The highest BCUT2D eigenvalue weighted by molar-refractivity contribution is 6.05. The predicted octanol–water partition coefficient (Wildman–Crippen LogP) is 2.16. The molecule has 4 nitrogen and oxygen atoms in total. The predicted molar refractivity (Wildman–Crippen MR) is 74.6 cm³/mol. The summed E-state index contributed by atoms with van der Waals surface area (Å²) in [4.78, 5) is 24.1. The van der Waals surface area contributed by atoms with Crippen LogP contribution in [-0.2, 0) is 19.1 Å². The van der Waals surface area contributed by atoms with Crippen LogP contribution in [0.5, 0.6) is 0 Å². The van der Waals surface area contributed by atoms with Crippen molar-refractivity contribution in [1.29, 1.82) is 0 Å². The maximum absolute atomic E-state index is 12.1. The van der Waals surface area contributed by atoms with Gasteiger partial charge >= 0.3 is 11.9 Å². The Labute approximate surface area is 122 Å². The molecule has 108 valence electrons. The number of ether oxygens (including phenoxy) is 2. The van der Waals surface area contributed by atoms with Crippen LogP contribution in [0.1, 0.15) is 29.4 Å². The molecular weight excluding hydrogens is 268 g/mol. The Morgan fingerprint density at radius 2 is 1.33 bits per heavy atom. The van der Waals surface area contributed by atoms with Crippen LogP contribution in [-0.4, -0.2) is 26.2 Å². The first-order valence-electron chi connectivity index (χ1n) is 7.18. The van der Waals surface area contributed by atoms with E-state index >= 15 is 0 Å². The second-order valence-electron chi connectivity index (χ2n) is 5.94. The SMILES string of the molecule is COC(=O)C1=C(C(=O)OC)[C@H]2[C@@H]1[C@H]1C[C@@H]2c2ccccc21. The van der Waals surface area contributed by atoms with Gasteiger partial charge in [0.05, 0.1) is 25.4 Å². The van der Waals surface area contributed by atoms with Crippen LogP contribution in [0.4, 0.5) is 0 Å². The van der Waals surface area contributed by atoms with Gasteiger partial charge in [0, 0.05) is 11.8 Å². The van der Waals surface area contributed by atoms with E-state index in [0.717, 1.165) is 6.42 Å². The fourth-order valence-electron chi connectivity index (χ4n) is 4.63. The molecule has 21 heavy (non-hydrogen) atoms. The molecule has 1 saturated carbocycles. The van der Waals surface area contributed by atoms with E-state index in [1.54, 1.807) is 0 Å². The van der Waals surface area contributed by atoms with Crippen molar-refractivity contribution >= 4 is 11.9 Å². The molecular formula is C17H16O4. The summed E-state index contributed by atoms with van der Waals surface area (Å²) >= 11 is 0. The van der Waals surface area contributed by atoms with Gasteiger partial charge in [-0.25, -0.2) is 9.59 Å². The van der Waals surface area contributed by atoms with E-state index in [1.807, 2.05) is 12.1 Å². The summed E-state index contributed by atoms with van der Waals surface area (Å²) < 4.78 is 9.76. The van der Waals surface area contributed by atoms with Gasteiger partial charge in [-0.3, -0.25) is 0 Å². The van der Waals surface area contributed by atoms with E-state index in [1.165, 1.54) is 25.3 Å². The molecule has 0 heterocycles. The lowest BCUT2D eigenvalue weighted by Crippen LogP contribution is -2.42. The van der Waals surface area contributed by atoms with Gasteiger partial charge in [-0.2, -0.15) is 0 Å². The number of fused-ring (bicyclic) bond motifs is 8. The van der Waals surface area contributed by atoms with Gasteiger partial charge in [0.1, 0.15) is 0 Å². The third-order valence-electron chi connectivity index (χ3n) is 5.32. The maximum Gasteiger partial charge on any atom is 0.334 e. The van der Waals surface area contributed by atoms with Gasteiger partial charge in [-0.15, -0.1) is 0 Å². The van der Waals surface area contributed by atoms with Crippen LogP contribution < -0.4 is 0 Å². The van der Waals surface area contributed by atoms with Crippen molar-refractivity contribution in [2.45, 2.75) is 18.3 Å². The van der Waals surface area contributed by atoms with Gasteiger partial charge in [-0.1, -0.05) is 24.3 Å². The molecule has 0 saturated heterocycles. The number of methoxy groups -OCH3 is 2. The summed E-state index contributed by atoms with van der Waals surface area (Å²) in [6.07, 6.45) is 1.01. The molecule has 0 amide bonds. The molecule has 0 N–H and O–H groups in total. The molecule has 1 fully saturated rings. The molecule has 0 radical (unpaired) electrons. The van der Waals surface area contributed by atoms with Gasteiger partial charge in [0.25, 0.3) is 0 Å². The Bertz CT molecular complexity index is 631. The fraction of sp³-hybridized carbons (Fsp3) is 0.412. The average molecular weight is 284 g/mol. The van der Waals surface area contributed by atoms with Crippen molar-refractivity contribution in [3.63, 3.8) is 0 Å². The van der Waals surface area contributed by atoms with Crippen LogP contribution in [0.15, 0.2) is 35.4 Å². The van der Waals surface area contributed by atoms with Crippen LogP contribution in [0.2, 0.25) is 0 Å². The lowest BCUT2D eigenvalue weighted by molar-refractivity contribution is -0.142. The first-order valence-corrected chi connectivity index (χ1v) is 7.18. The Kier molecular flexibility index (Phi) is 2.52. The minimum absolute atomic E-state index is 0.117. The Balaban J connectivity index is 1.82. The van der Waals surface area contributed by atoms with Crippen molar-refractivity contribution in [2.75, 3.05) is 14.2 Å². The zero-order valence-corrected chi connectivity index (χ0v) is 12.0. The molecule has 4 atom stereocenters. The zero-order valence-electron chi connectivity index (χ0n) is 12.0. The first kappa shape index (κ1) is 12.6. The molecule has 3 aliphatic rings. The van der Waals surface area contributed by atoms with Gasteiger partial charge in [0.15, 0.2) is 0 Å². The molecule has 1 aromatic carbocycles. The zero-order chi connectivity index (χ0) is 14.7. The lowest BCUT2D eigenvalue weighted by Gasteiger charge is -2.42. The molecule has 0 aromatic heterocycles. The summed E-state index contributed by atoms with van der Waals surface area (Å²) in [6.45, 7) is 0. The molecule has 0 unspecified atom stereocenters. The highest BCUT2D eigenvalue weighted by atomic mass is 16.5. The molecule has 3 aliphatic carbocycles. The summed E-state index contributed by atoms with van der Waals surface area (Å²) in [6, 6.07) is 8.36. The lowest BCUT2D eigenvalue weighted by atomic mass is 9.60. The summed E-state index contributed by atoms with van der Waals surface area (Å²) in [5, 5.41) is 0. The third-order valence-corrected chi connectivity index (χ3v) is 5.32. The second kappa shape index (κ2) is 4.20. The smallest absolute Gasteiger partial charge is 0.334 e. The number of carbonyl (C=O) groups is 2. The van der Waals surface area contributed by atoms with E-state index in [2.05, 4.69) is 12.1 Å². The normalized spacial score (nSPS) is 31.3. The molecule has 1 aromatic rings. The van der Waals surface area contributed by atoms with Crippen molar-refractivity contribution in [3.05, 3.63) is 46.5 Å². The van der Waals surface area contributed by atoms with E-state index in [0.29, 0.717) is 23.0 Å². The third kappa shape index (κ3) is 1.40. The van der Waals surface area contributed by atoms with Crippen molar-refractivity contribution in [2.24, 2.45) is 11.8 Å². The topological polar surface area (TPSA) is 52.6 Å². The number of carbonyl (C=O) groups excluding carboxylic acids is 2. The molecule has 0 spiro atoms. The summed E-state index contributed by atoms with van der Waals surface area (Å²) in [5.41, 5.74) is 3.73. The van der Waals surface area contributed by atoms with Crippen molar-refractivity contribution < 1.29 is 19.1 Å². The number of hydrogen-bond donors (Lipinski definition) is 0.